The summed E-state index contributed by atoms with van der Waals surface area (Å²) in [6.45, 7) is 44.9. The molecule has 10 heteroatoms. The highest BCUT2D eigenvalue weighted by Gasteiger charge is 2.40. The number of piperidine rings is 3. The second-order valence-electron chi connectivity index (χ2n) is 23.0. The van der Waals surface area contributed by atoms with Gasteiger partial charge in [-0.2, -0.15) is 0 Å². The Morgan fingerprint density at radius 1 is 0.554 bits per heavy atom. The van der Waals surface area contributed by atoms with Crippen molar-refractivity contribution in [3.05, 3.63) is 41.2 Å². The number of hydrogen-bond donors (Lipinski definition) is 0. The van der Waals surface area contributed by atoms with Crippen LogP contribution in [0.5, 0.6) is 0 Å². The standard InChI is InChI=1S/2C12H23NO.C11H18N2.C10H17N3.C10H19N/c2*1-4-13-11-5-10(9(2)3)6-12(13)8-14-7-11;1-9(2)12-4-5-13-7-10(3)6-11(13)8-12;1-8(2)12-4-5-13-6-9(3)11-10(13)7-12;1-8(2)11-9-4-3-5-10(11)7-6-9/h2*9-12H,4-8H2,1-3H3;6-7,9H,4-5,8H2,1-3H3;6,8H,4-5,7H2,1-3H3;8-10H,3-7H2,1-2H3. The minimum atomic E-state index is 0.630. The van der Waals surface area contributed by atoms with Crippen LogP contribution < -0.4 is 0 Å². The molecule has 0 amide bonds. The Bertz CT molecular complexity index is 1540. The molecule has 6 fully saturated rings. The highest BCUT2D eigenvalue weighted by atomic mass is 16.5. The molecule has 2 aromatic heterocycles. The van der Waals surface area contributed by atoms with Crippen LogP contribution in [-0.4, -0.2) is 146 Å². The smallest absolute Gasteiger partial charge is 0.123 e. The van der Waals surface area contributed by atoms with Crippen LogP contribution in [0.2, 0.25) is 0 Å². The highest BCUT2D eigenvalue weighted by Crippen LogP contribution is 2.38. The number of aromatic nitrogens is 3. The van der Waals surface area contributed by atoms with E-state index in [0.717, 1.165) is 107 Å². The van der Waals surface area contributed by atoms with Crippen LogP contribution in [0.3, 0.4) is 0 Å². The molecule has 10 nitrogen and oxygen atoms in total. The zero-order valence-electron chi connectivity index (χ0n) is 44.5. The monoisotopic (exact) mass is 905 g/mol. The molecule has 6 unspecified atom stereocenters. The summed E-state index contributed by atoms with van der Waals surface area (Å²) >= 11 is 0. The van der Waals surface area contributed by atoms with Crippen molar-refractivity contribution in [3.63, 3.8) is 0 Å². The van der Waals surface area contributed by atoms with E-state index in [1.54, 1.807) is 0 Å². The Morgan fingerprint density at radius 3 is 1.43 bits per heavy atom. The van der Waals surface area contributed by atoms with Gasteiger partial charge in [0, 0.05) is 105 Å². The van der Waals surface area contributed by atoms with Crippen molar-refractivity contribution in [2.75, 3.05) is 52.6 Å². The third-order valence-corrected chi connectivity index (χ3v) is 16.9. The predicted molar refractivity (Wildman–Crippen MR) is 272 cm³/mol. The van der Waals surface area contributed by atoms with Crippen molar-refractivity contribution in [2.45, 2.75) is 235 Å². The van der Waals surface area contributed by atoms with Crippen LogP contribution in [0.15, 0.2) is 18.5 Å². The molecule has 372 valence electrons. The van der Waals surface area contributed by atoms with Crippen molar-refractivity contribution in [1.29, 1.82) is 0 Å². The Labute approximate surface area is 399 Å². The predicted octanol–water partition coefficient (Wildman–Crippen LogP) is 10.1. The normalized spacial score (nSPS) is 30.4. The highest BCUT2D eigenvalue weighted by molar-refractivity contribution is 5.18. The number of imidazole rings is 1. The minimum absolute atomic E-state index is 0.630. The van der Waals surface area contributed by atoms with E-state index in [1.165, 1.54) is 94.5 Å². The lowest BCUT2D eigenvalue weighted by Gasteiger charge is -2.49. The lowest BCUT2D eigenvalue weighted by atomic mass is 9.79. The van der Waals surface area contributed by atoms with E-state index in [1.807, 2.05) is 0 Å². The van der Waals surface area contributed by atoms with E-state index in [-0.39, 0.29) is 0 Å². The van der Waals surface area contributed by atoms with E-state index in [0.29, 0.717) is 36.3 Å². The molecule has 8 aliphatic heterocycles. The van der Waals surface area contributed by atoms with Crippen LogP contribution in [0.1, 0.15) is 164 Å². The van der Waals surface area contributed by atoms with E-state index in [4.69, 9.17) is 9.47 Å². The summed E-state index contributed by atoms with van der Waals surface area (Å²) in [5.41, 5.74) is 4.00. The van der Waals surface area contributed by atoms with Gasteiger partial charge >= 0.3 is 0 Å². The summed E-state index contributed by atoms with van der Waals surface area (Å²) < 4.78 is 16.0. The Morgan fingerprint density at radius 2 is 1.02 bits per heavy atom. The summed E-state index contributed by atoms with van der Waals surface area (Å²) in [6, 6.07) is 9.12. The van der Waals surface area contributed by atoms with Crippen LogP contribution in [-0.2, 0) is 35.7 Å². The maximum Gasteiger partial charge on any atom is 0.123 e. The molecule has 6 bridgehead atoms. The Kier molecular flexibility index (Phi) is 20.0. The van der Waals surface area contributed by atoms with E-state index in [9.17, 15) is 0 Å². The maximum atomic E-state index is 5.65. The SMILES string of the molecule is CC(C)N1C2CCCC1CC2.CCN1C2COCC1CC(C(C)C)C2.CCN1C2COCC1CC(C(C)C)C2.Cc1cc2n(c1)CCN(C(C)C)C2.Cc1cn2c(n1)CN(C(C)C)CC2. The van der Waals surface area contributed by atoms with Crippen molar-refractivity contribution < 1.29 is 9.47 Å². The van der Waals surface area contributed by atoms with Gasteiger partial charge < -0.3 is 18.6 Å². The molecule has 6 atom stereocenters. The second kappa shape index (κ2) is 24.7. The zero-order chi connectivity index (χ0) is 46.9. The first kappa shape index (κ1) is 52.6. The van der Waals surface area contributed by atoms with Gasteiger partial charge in [0.15, 0.2) is 0 Å². The molecule has 2 aromatic rings. The lowest BCUT2D eigenvalue weighted by Crippen LogP contribution is -2.57. The molecule has 0 aromatic carbocycles. The number of fused-ring (bicyclic) bond motifs is 8. The molecule has 0 N–H and O–H groups in total. The number of ether oxygens (including phenoxy) is 2. The van der Waals surface area contributed by atoms with Gasteiger partial charge in [-0.3, -0.25) is 24.5 Å². The van der Waals surface area contributed by atoms with Crippen LogP contribution >= 0.6 is 0 Å². The largest absolute Gasteiger partial charge is 0.378 e. The molecule has 10 heterocycles. The van der Waals surface area contributed by atoms with E-state index < -0.39 is 0 Å². The van der Waals surface area contributed by atoms with Crippen molar-refractivity contribution in [1.82, 2.24) is 38.6 Å². The number of hydrogen-bond acceptors (Lipinski definition) is 8. The van der Waals surface area contributed by atoms with Gasteiger partial charge in [0.25, 0.3) is 0 Å². The summed E-state index contributed by atoms with van der Waals surface area (Å²) in [5.74, 6) is 4.76. The quantitative estimate of drug-likeness (QED) is 0.273. The van der Waals surface area contributed by atoms with Crippen molar-refractivity contribution in [3.8, 4) is 0 Å². The molecule has 65 heavy (non-hydrogen) atoms. The molecule has 0 aliphatic carbocycles. The first-order chi connectivity index (χ1) is 31.1. The molecule has 0 saturated carbocycles. The van der Waals surface area contributed by atoms with Gasteiger partial charge in [-0.25, -0.2) is 4.98 Å². The first-order valence-electron chi connectivity index (χ1n) is 27.2. The molecular weight excluding hydrogens is 805 g/mol. The third-order valence-electron chi connectivity index (χ3n) is 16.9. The van der Waals surface area contributed by atoms with Crippen LogP contribution in [0.4, 0.5) is 0 Å². The summed E-state index contributed by atoms with van der Waals surface area (Å²) in [6.07, 6.45) is 17.2. The van der Waals surface area contributed by atoms with Gasteiger partial charge in [0.2, 0.25) is 0 Å². The van der Waals surface area contributed by atoms with Crippen LogP contribution in [0.25, 0.3) is 0 Å². The summed E-state index contributed by atoms with van der Waals surface area (Å²) in [5, 5.41) is 0. The number of nitrogens with zero attached hydrogens (tertiary/aromatic N) is 8. The molecule has 0 spiro atoms. The maximum absolute atomic E-state index is 5.65. The summed E-state index contributed by atoms with van der Waals surface area (Å²) in [7, 11) is 0. The molecular formula is C55H100N8O2. The van der Waals surface area contributed by atoms with Crippen LogP contribution in [0, 0.1) is 37.5 Å². The first-order valence-corrected chi connectivity index (χ1v) is 27.2. The zero-order valence-corrected chi connectivity index (χ0v) is 44.5. The molecule has 6 saturated heterocycles. The Hall–Kier alpha value is -1.79. The van der Waals surface area contributed by atoms with E-state index >= 15 is 0 Å². The second-order valence-corrected chi connectivity index (χ2v) is 23.0. The number of aryl methyl sites for hydroxylation is 2. The Balaban J connectivity index is 0.000000135. The van der Waals surface area contributed by atoms with E-state index in [2.05, 4.69) is 154 Å². The summed E-state index contributed by atoms with van der Waals surface area (Å²) in [4.78, 5) is 17.6. The topological polar surface area (TPSA) is 57.4 Å². The fraction of sp³-hybridized carbons (Fsp3) is 0.873. The molecule has 0 radical (unpaired) electrons. The van der Waals surface area contributed by atoms with Crippen molar-refractivity contribution in [2.24, 2.45) is 23.7 Å². The van der Waals surface area contributed by atoms with Gasteiger partial charge in [0.05, 0.1) is 38.7 Å². The number of morpholine rings is 2. The third kappa shape index (κ3) is 13.9. The fourth-order valence-corrected chi connectivity index (χ4v) is 13.1. The number of rotatable bonds is 7. The minimum Gasteiger partial charge on any atom is -0.378 e. The lowest BCUT2D eigenvalue weighted by molar-refractivity contribution is -0.0903. The molecule has 10 rings (SSSR count). The number of likely N-dealkylation sites (N-methyl/N-ethyl adjacent to an activating group) is 2. The average Bonchev–Trinajstić information content (AvgIpc) is 3.92. The average molecular weight is 905 g/mol. The van der Waals surface area contributed by atoms with Gasteiger partial charge in [0.1, 0.15) is 5.82 Å². The van der Waals surface area contributed by atoms with Gasteiger partial charge in [-0.1, -0.05) is 48.0 Å². The van der Waals surface area contributed by atoms with Gasteiger partial charge in [-0.15, -0.1) is 0 Å². The molecule has 8 aliphatic rings. The fourth-order valence-electron chi connectivity index (χ4n) is 13.1. The van der Waals surface area contributed by atoms with Gasteiger partial charge in [-0.05, 0) is 155 Å². The van der Waals surface area contributed by atoms with Crippen molar-refractivity contribution >= 4 is 0 Å².